The highest BCUT2D eigenvalue weighted by Crippen LogP contribution is 2.23. The van der Waals surface area contributed by atoms with Gasteiger partial charge in [-0.15, -0.1) is 0 Å². The van der Waals surface area contributed by atoms with Gasteiger partial charge in [0.2, 0.25) is 11.8 Å². The Hall–Kier alpha value is -4.42. The fourth-order valence-corrected chi connectivity index (χ4v) is 5.86. The van der Waals surface area contributed by atoms with Gasteiger partial charge in [-0.25, -0.2) is 0 Å². The SMILES string of the molecule is CN(Cc1ccccc1)C(=O)[C@@H](Cc1ccc2ccccc2c1)N1CCN[C@H](Cc2c[nH]c3ccccc23)C1=O. The lowest BCUT2D eigenvalue weighted by Crippen LogP contribution is -2.62. The van der Waals surface area contributed by atoms with E-state index in [2.05, 4.69) is 46.7 Å². The maximum Gasteiger partial charge on any atom is 0.245 e. The summed E-state index contributed by atoms with van der Waals surface area (Å²) in [6, 6.07) is 31.7. The summed E-state index contributed by atoms with van der Waals surface area (Å²) in [7, 11) is 1.83. The smallest absolute Gasteiger partial charge is 0.245 e. The van der Waals surface area contributed by atoms with E-state index in [9.17, 15) is 9.59 Å². The van der Waals surface area contributed by atoms with Crippen LogP contribution in [0.15, 0.2) is 103 Å². The van der Waals surface area contributed by atoms with Crippen LogP contribution in [0.3, 0.4) is 0 Å². The number of aromatic nitrogens is 1. The van der Waals surface area contributed by atoms with Crippen LogP contribution in [0.25, 0.3) is 21.7 Å². The molecule has 0 spiro atoms. The zero-order valence-corrected chi connectivity index (χ0v) is 22.7. The van der Waals surface area contributed by atoms with E-state index in [1.54, 1.807) is 4.90 Å². The molecule has 6 heteroatoms. The van der Waals surface area contributed by atoms with E-state index in [1.165, 1.54) is 0 Å². The minimum Gasteiger partial charge on any atom is -0.361 e. The molecular formula is C34H34N4O2. The predicted octanol–water partition coefficient (Wildman–Crippen LogP) is 4.93. The van der Waals surface area contributed by atoms with Gasteiger partial charge in [0.1, 0.15) is 6.04 Å². The molecule has 1 saturated heterocycles. The van der Waals surface area contributed by atoms with Gasteiger partial charge in [0.25, 0.3) is 0 Å². The number of rotatable bonds is 8. The molecule has 0 unspecified atom stereocenters. The van der Waals surface area contributed by atoms with Gasteiger partial charge < -0.3 is 20.1 Å². The Morgan fingerprint density at radius 3 is 2.52 bits per heavy atom. The predicted molar refractivity (Wildman–Crippen MR) is 160 cm³/mol. The number of hydrogen-bond acceptors (Lipinski definition) is 3. The second-order valence-corrected chi connectivity index (χ2v) is 10.7. The van der Waals surface area contributed by atoms with Crippen molar-refractivity contribution in [2.75, 3.05) is 20.1 Å². The quantitative estimate of drug-likeness (QED) is 0.299. The van der Waals surface area contributed by atoms with Crippen LogP contribution in [0.2, 0.25) is 0 Å². The number of hydrogen-bond donors (Lipinski definition) is 2. The Balaban J connectivity index is 1.28. The minimum atomic E-state index is -0.588. The number of carbonyl (C=O) groups excluding carboxylic acids is 2. The lowest BCUT2D eigenvalue weighted by atomic mass is 9.97. The molecule has 202 valence electrons. The summed E-state index contributed by atoms with van der Waals surface area (Å²) in [5.41, 5.74) is 4.27. The maximum atomic E-state index is 14.1. The van der Waals surface area contributed by atoms with Crippen molar-refractivity contribution in [3.63, 3.8) is 0 Å². The number of carbonyl (C=O) groups is 2. The summed E-state index contributed by atoms with van der Waals surface area (Å²) in [5.74, 6) is -0.0677. The number of nitrogens with one attached hydrogen (secondary N) is 2. The van der Waals surface area contributed by atoms with Gasteiger partial charge in [-0.1, -0.05) is 91.0 Å². The molecule has 1 fully saturated rings. The molecule has 0 aliphatic carbocycles. The number of amides is 2. The minimum absolute atomic E-state index is 0.0243. The Morgan fingerprint density at radius 1 is 0.925 bits per heavy atom. The van der Waals surface area contributed by atoms with E-state index in [-0.39, 0.29) is 17.9 Å². The Bertz CT molecular complexity index is 1640. The fourth-order valence-electron chi connectivity index (χ4n) is 5.86. The third-order valence-corrected chi connectivity index (χ3v) is 7.97. The zero-order chi connectivity index (χ0) is 27.5. The fraction of sp³-hybridized carbons (Fsp3) is 0.235. The van der Waals surface area contributed by atoms with E-state index in [4.69, 9.17) is 0 Å². The molecule has 0 radical (unpaired) electrons. The van der Waals surface area contributed by atoms with Gasteiger partial charge in [-0.05, 0) is 39.9 Å². The summed E-state index contributed by atoms with van der Waals surface area (Å²) in [6.45, 7) is 1.63. The number of benzene rings is 4. The number of H-pyrrole nitrogens is 1. The molecule has 2 atom stereocenters. The number of nitrogens with zero attached hydrogens (tertiary/aromatic N) is 2. The van der Waals surface area contributed by atoms with E-state index in [0.717, 1.165) is 38.4 Å². The van der Waals surface area contributed by atoms with Gasteiger partial charge in [0.15, 0.2) is 0 Å². The number of fused-ring (bicyclic) bond motifs is 2. The first-order chi connectivity index (χ1) is 19.6. The maximum absolute atomic E-state index is 14.1. The van der Waals surface area contributed by atoms with Crippen molar-refractivity contribution >= 4 is 33.5 Å². The second-order valence-electron chi connectivity index (χ2n) is 10.7. The third-order valence-electron chi connectivity index (χ3n) is 7.97. The van der Waals surface area contributed by atoms with E-state index < -0.39 is 6.04 Å². The molecule has 1 aliphatic rings. The molecule has 0 saturated carbocycles. The number of aromatic amines is 1. The third kappa shape index (κ3) is 5.36. The molecular weight excluding hydrogens is 496 g/mol. The van der Waals surface area contributed by atoms with Crippen molar-refractivity contribution in [3.8, 4) is 0 Å². The normalized spacial score (nSPS) is 16.4. The molecule has 1 aromatic heterocycles. The molecule has 5 aromatic rings. The average Bonchev–Trinajstić information content (AvgIpc) is 3.40. The largest absolute Gasteiger partial charge is 0.361 e. The van der Waals surface area contributed by atoms with Crippen molar-refractivity contribution in [2.45, 2.75) is 31.5 Å². The highest BCUT2D eigenvalue weighted by Gasteiger charge is 2.37. The number of likely N-dealkylation sites (N-methyl/N-ethyl adjacent to an activating group) is 1. The van der Waals surface area contributed by atoms with Crippen LogP contribution in [0.4, 0.5) is 0 Å². The van der Waals surface area contributed by atoms with Crippen LogP contribution in [0.1, 0.15) is 16.7 Å². The van der Waals surface area contributed by atoms with E-state index in [0.29, 0.717) is 32.5 Å². The monoisotopic (exact) mass is 530 g/mol. The van der Waals surface area contributed by atoms with E-state index >= 15 is 0 Å². The van der Waals surface area contributed by atoms with Crippen molar-refractivity contribution < 1.29 is 9.59 Å². The Labute approximate surface area is 234 Å². The summed E-state index contributed by atoms with van der Waals surface area (Å²) in [5, 5.41) is 6.84. The molecule has 6 rings (SSSR count). The summed E-state index contributed by atoms with van der Waals surface area (Å²) < 4.78 is 0. The highest BCUT2D eigenvalue weighted by atomic mass is 16.2. The van der Waals surface area contributed by atoms with Crippen LogP contribution < -0.4 is 5.32 Å². The van der Waals surface area contributed by atoms with Gasteiger partial charge in [-0.2, -0.15) is 0 Å². The van der Waals surface area contributed by atoms with Crippen LogP contribution in [0.5, 0.6) is 0 Å². The van der Waals surface area contributed by atoms with Crippen LogP contribution in [-0.2, 0) is 29.0 Å². The lowest BCUT2D eigenvalue weighted by molar-refractivity contribution is -0.148. The van der Waals surface area contributed by atoms with Gasteiger partial charge >= 0.3 is 0 Å². The molecule has 2 N–H and O–H groups in total. The first kappa shape index (κ1) is 25.8. The van der Waals surface area contributed by atoms with Crippen molar-refractivity contribution in [3.05, 3.63) is 120 Å². The van der Waals surface area contributed by atoms with E-state index in [1.807, 2.05) is 78.8 Å². The molecule has 4 aromatic carbocycles. The van der Waals surface area contributed by atoms with Crippen LogP contribution >= 0.6 is 0 Å². The first-order valence-electron chi connectivity index (χ1n) is 13.9. The summed E-state index contributed by atoms with van der Waals surface area (Å²) in [4.78, 5) is 35.0. The van der Waals surface area contributed by atoms with Gasteiger partial charge in [-0.3, -0.25) is 9.59 Å². The molecule has 1 aliphatic heterocycles. The average molecular weight is 531 g/mol. The number of para-hydroxylation sites is 1. The Morgan fingerprint density at radius 2 is 1.68 bits per heavy atom. The molecule has 0 bridgehead atoms. The Kier molecular flexibility index (Phi) is 7.34. The van der Waals surface area contributed by atoms with Gasteiger partial charge in [0, 0.05) is 50.2 Å². The molecule has 6 nitrogen and oxygen atoms in total. The number of piperazine rings is 1. The molecule has 2 amide bonds. The standard InChI is InChI=1S/C34H34N4O2/c1-37(23-24-9-3-2-4-10-24)34(40)32(20-25-15-16-26-11-5-6-12-27(26)19-25)38-18-17-35-31(33(38)39)21-28-22-36-30-14-8-7-13-29(28)30/h2-16,19,22,31-32,35-36H,17-18,20-21,23H2,1H3/t31-,32-/m1/s1. The first-order valence-corrected chi connectivity index (χ1v) is 13.9. The highest BCUT2D eigenvalue weighted by molar-refractivity contribution is 5.92. The zero-order valence-electron chi connectivity index (χ0n) is 22.7. The topological polar surface area (TPSA) is 68.4 Å². The second kappa shape index (κ2) is 11.4. The summed E-state index contributed by atoms with van der Waals surface area (Å²) >= 11 is 0. The molecule has 40 heavy (non-hydrogen) atoms. The van der Waals surface area contributed by atoms with Crippen LogP contribution in [-0.4, -0.2) is 58.8 Å². The van der Waals surface area contributed by atoms with Crippen molar-refractivity contribution in [1.82, 2.24) is 20.1 Å². The van der Waals surface area contributed by atoms with Crippen molar-refractivity contribution in [2.24, 2.45) is 0 Å². The summed E-state index contributed by atoms with van der Waals surface area (Å²) in [6.07, 6.45) is 3.02. The van der Waals surface area contributed by atoms with Crippen molar-refractivity contribution in [1.29, 1.82) is 0 Å². The molecule has 2 heterocycles. The van der Waals surface area contributed by atoms with Crippen LogP contribution in [0, 0.1) is 0 Å². The van der Waals surface area contributed by atoms with Gasteiger partial charge in [0.05, 0.1) is 6.04 Å². The lowest BCUT2D eigenvalue weighted by Gasteiger charge is -2.39.